The number of ether oxygens (including phenoxy) is 2. The molecule has 1 amide bonds. The molecule has 0 heterocycles. The van der Waals surface area contributed by atoms with Crippen molar-refractivity contribution >= 4 is 11.9 Å². The summed E-state index contributed by atoms with van der Waals surface area (Å²) in [6, 6.07) is 5.00. The van der Waals surface area contributed by atoms with Crippen LogP contribution in [0.15, 0.2) is 24.3 Å². The molecule has 0 saturated heterocycles. The Kier molecular flexibility index (Phi) is 6.34. The first-order valence-electron chi connectivity index (χ1n) is 7.58. The number of rotatable bonds is 8. The van der Waals surface area contributed by atoms with Crippen LogP contribution < -0.4 is 10.1 Å². The molecule has 1 aromatic carbocycles. The minimum Gasteiger partial charge on any atom is -0.478 e. The highest BCUT2D eigenvalue weighted by Gasteiger charge is 2.21. The van der Waals surface area contributed by atoms with Crippen molar-refractivity contribution in [3.05, 3.63) is 30.1 Å². The van der Waals surface area contributed by atoms with Gasteiger partial charge in [0.25, 0.3) is 0 Å². The van der Waals surface area contributed by atoms with Gasteiger partial charge in [0, 0.05) is 0 Å². The lowest BCUT2D eigenvalue weighted by molar-refractivity contribution is -0.145. The minimum absolute atomic E-state index is 0.0897. The van der Waals surface area contributed by atoms with Gasteiger partial charge < -0.3 is 19.9 Å². The summed E-state index contributed by atoms with van der Waals surface area (Å²) in [5, 5.41) is 11.6. The molecule has 0 spiro atoms. The van der Waals surface area contributed by atoms with Gasteiger partial charge >= 0.3 is 5.97 Å². The molecule has 2 rings (SSSR count). The number of hydrogen-bond donors (Lipinski definition) is 2. The Bertz CT molecular complexity index is 528. The molecule has 1 fully saturated rings. The van der Waals surface area contributed by atoms with Gasteiger partial charge in [0.15, 0.2) is 0 Å². The molecule has 0 aliphatic heterocycles. The molecule has 0 bridgehead atoms. The molecule has 1 atom stereocenters. The largest absolute Gasteiger partial charge is 0.478 e. The SMILES string of the molecule is O=C(COC1CCCC1)NCC(Oc1ccc(F)cc1)C(=O)O. The summed E-state index contributed by atoms with van der Waals surface area (Å²) in [6.07, 6.45) is 3.00. The molecular formula is C16H20FNO5. The van der Waals surface area contributed by atoms with Gasteiger partial charge in [-0.15, -0.1) is 0 Å². The highest BCUT2D eigenvalue weighted by molar-refractivity contribution is 5.79. The summed E-state index contributed by atoms with van der Waals surface area (Å²) in [7, 11) is 0. The van der Waals surface area contributed by atoms with Crippen molar-refractivity contribution in [3.8, 4) is 5.75 Å². The molecule has 1 aromatic rings. The smallest absolute Gasteiger partial charge is 0.346 e. The molecule has 1 aliphatic carbocycles. The number of carboxylic acids is 1. The number of hydrogen-bond acceptors (Lipinski definition) is 4. The molecular weight excluding hydrogens is 305 g/mol. The molecule has 1 aliphatic rings. The second-order valence-electron chi connectivity index (χ2n) is 5.42. The van der Waals surface area contributed by atoms with Gasteiger partial charge in [0.2, 0.25) is 12.0 Å². The Morgan fingerprint density at radius 3 is 2.52 bits per heavy atom. The molecule has 6 nitrogen and oxygen atoms in total. The Morgan fingerprint density at radius 2 is 1.91 bits per heavy atom. The van der Waals surface area contributed by atoms with Crippen molar-refractivity contribution < 1.29 is 28.6 Å². The van der Waals surface area contributed by atoms with E-state index in [2.05, 4.69) is 5.32 Å². The van der Waals surface area contributed by atoms with Crippen LogP contribution in [0.2, 0.25) is 0 Å². The maximum Gasteiger partial charge on any atom is 0.346 e. The van der Waals surface area contributed by atoms with Crippen molar-refractivity contribution in [1.82, 2.24) is 5.32 Å². The number of benzene rings is 1. The van der Waals surface area contributed by atoms with Crippen LogP contribution in [0.3, 0.4) is 0 Å². The van der Waals surface area contributed by atoms with Crippen molar-refractivity contribution in [2.45, 2.75) is 37.9 Å². The van der Waals surface area contributed by atoms with E-state index in [9.17, 15) is 14.0 Å². The minimum atomic E-state index is -1.25. The third kappa shape index (κ3) is 5.86. The Hall–Kier alpha value is -2.15. The van der Waals surface area contributed by atoms with E-state index < -0.39 is 17.9 Å². The van der Waals surface area contributed by atoms with Gasteiger partial charge in [-0.05, 0) is 37.1 Å². The lowest BCUT2D eigenvalue weighted by atomic mass is 10.3. The van der Waals surface area contributed by atoms with E-state index in [0.29, 0.717) is 0 Å². The molecule has 1 unspecified atom stereocenters. The Balaban J connectivity index is 1.76. The van der Waals surface area contributed by atoms with E-state index in [0.717, 1.165) is 25.7 Å². The summed E-state index contributed by atoms with van der Waals surface area (Å²) >= 11 is 0. The summed E-state index contributed by atoms with van der Waals surface area (Å²) in [4.78, 5) is 22.9. The van der Waals surface area contributed by atoms with E-state index in [4.69, 9.17) is 14.6 Å². The zero-order valence-corrected chi connectivity index (χ0v) is 12.7. The lowest BCUT2D eigenvalue weighted by Crippen LogP contribution is -2.41. The highest BCUT2D eigenvalue weighted by Crippen LogP contribution is 2.20. The predicted molar refractivity (Wildman–Crippen MR) is 79.7 cm³/mol. The molecule has 126 valence electrons. The number of amides is 1. The van der Waals surface area contributed by atoms with Gasteiger partial charge in [0.1, 0.15) is 18.2 Å². The molecule has 23 heavy (non-hydrogen) atoms. The van der Waals surface area contributed by atoms with Crippen molar-refractivity contribution in [2.24, 2.45) is 0 Å². The quantitative estimate of drug-likeness (QED) is 0.760. The first-order valence-corrected chi connectivity index (χ1v) is 7.58. The molecule has 0 aromatic heterocycles. The number of carbonyl (C=O) groups excluding carboxylic acids is 1. The second kappa shape index (κ2) is 8.47. The van der Waals surface area contributed by atoms with Gasteiger partial charge in [-0.1, -0.05) is 12.8 Å². The predicted octanol–water partition coefficient (Wildman–Crippen LogP) is 1.73. The maximum absolute atomic E-state index is 12.8. The van der Waals surface area contributed by atoms with E-state index in [-0.39, 0.29) is 30.9 Å². The fraction of sp³-hybridized carbons (Fsp3) is 0.500. The van der Waals surface area contributed by atoms with Crippen molar-refractivity contribution in [2.75, 3.05) is 13.2 Å². The molecule has 1 saturated carbocycles. The van der Waals surface area contributed by atoms with Gasteiger partial charge in [-0.25, -0.2) is 9.18 Å². The Morgan fingerprint density at radius 1 is 1.26 bits per heavy atom. The number of carboxylic acid groups (broad SMARTS) is 1. The summed E-state index contributed by atoms with van der Waals surface area (Å²) in [5.41, 5.74) is 0. The average Bonchev–Trinajstić information content (AvgIpc) is 3.04. The number of halogens is 1. The van der Waals surface area contributed by atoms with Gasteiger partial charge in [-0.3, -0.25) is 4.79 Å². The fourth-order valence-corrected chi connectivity index (χ4v) is 2.36. The monoisotopic (exact) mass is 325 g/mol. The summed E-state index contributed by atoms with van der Waals surface area (Å²) < 4.78 is 23.5. The summed E-state index contributed by atoms with van der Waals surface area (Å²) in [6.45, 7) is -0.285. The standard InChI is InChI=1S/C16H20FNO5/c17-11-5-7-13(8-6-11)23-14(16(20)21)9-18-15(19)10-22-12-3-1-2-4-12/h5-8,12,14H,1-4,9-10H2,(H,18,19)(H,20,21). The highest BCUT2D eigenvalue weighted by atomic mass is 19.1. The van der Waals surface area contributed by atoms with Crippen LogP contribution in [0.4, 0.5) is 4.39 Å². The maximum atomic E-state index is 12.8. The van der Waals surface area contributed by atoms with E-state index in [1.807, 2.05) is 0 Å². The van der Waals surface area contributed by atoms with Crippen LogP contribution in [0.25, 0.3) is 0 Å². The van der Waals surface area contributed by atoms with E-state index >= 15 is 0 Å². The number of aliphatic carboxylic acids is 1. The van der Waals surface area contributed by atoms with Crippen LogP contribution in [0.5, 0.6) is 5.75 Å². The van der Waals surface area contributed by atoms with Crippen LogP contribution in [0, 0.1) is 5.82 Å². The molecule has 2 N–H and O–H groups in total. The zero-order chi connectivity index (χ0) is 16.7. The van der Waals surface area contributed by atoms with E-state index in [1.54, 1.807) is 0 Å². The fourth-order valence-electron chi connectivity index (χ4n) is 2.36. The third-order valence-electron chi connectivity index (χ3n) is 3.60. The van der Waals surface area contributed by atoms with Crippen LogP contribution in [-0.2, 0) is 14.3 Å². The average molecular weight is 325 g/mol. The van der Waals surface area contributed by atoms with Crippen molar-refractivity contribution in [3.63, 3.8) is 0 Å². The van der Waals surface area contributed by atoms with Gasteiger partial charge in [0.05, 0.1) is 12.6 Å². The van der Waals surface area contributed by atoms with Crippen LogP contribution in [0.1, 0.15) is 25.7 Å². The Labute approximate surface area is 133 Å². The third-order valence-corrected chi connectivity index (χ3v) is 3.60. The first-order chi connectivity index (χ1) is 11.0. The second-order valence-corrected chi connectivity index (χ2v) is 5.42. The normalized spacial score (nSPS) is 16.0. The summed E-state index contributed by atoms with van der Waals surface area (Å²) in [5.74, 6) is -1.82. The first kappa shape index (κ1) is 17.2. The number of nitrogens with one attached hydrogen (secondary N) is 1. The van der Waals surface area contributed by atoms with Crippen LogP contribution in [-0.4, -0.2) is 42.3 Å². The van der Waals surface area contributed by atoms with Crippen molar-refractivity contribution in [1.29, 1.82) is 0 Å². The zero-order valence-electron chi connectivity index (χ0n) is 12.7. The molecule has 0 radical (unpaired) electrons. The van der Waals surface area contributed by atoms with Gasteiger partial charge in [-0.2, -0.15) is 0 Å². The lowest BCUT2D eigenvalue weighted by Gasteiger charge is -2.16. The van der Waals surface area contributed by atoms with Crippen LogP contribution >= 0.6 is 0 Å². The number of carbonyl (C=O) groups is 2. The topological polar surface area (TPSA) is 84.9 Å². The van der Waals surface area contributed by atoms with E-state index in [1.165, 1.54) is 24.3 Å². The molecule has 7 heteroatoms.